The van der Waals surface area contributed by atoms with Crippen LogP contribution in [-0.4, -0.2) is 41.8 Å². The van der Waals surface area contributed by atoms with Crippen molar-refractivity contribution in [1.29, 1.82) is 0 Å². The molecule has 2 amide bonds. The van der Waals surface area contributed by atoms with E-state index in [1.165, 1.54) is 12.1 Å². The molecule has 22 heavy (non-hydrogen) atoms. The van der Waals surface area contributed by atoms with Crippen LogP contribution in [0.25, 0.3) is 0 Å². The summed E-state index contributed by atoms with van der Waals surface area (Å²) in [7, 11) is 0. The maximum Gasteiger partial charge on any atom is 0.317 e. The van der Waals surface area contributed by atoms with Crippen molar-refractivity contribution < 1.29 is 14.3 Å². The van der Waals surface area contributed by atoms with E-state index in [9.17, 15) is 9.18 Å². The van der Waals surface area contributed by atoms with Crippen LogP contribution in [0.2, 0.25) is 5.02 Å². The van der Waals surface area contributed by atoms with Gasteiger partial charge in [-0.05, 0) is 30.5 Å². The SMILES string of the molecule is CC(C)(CNC(=O)N(CCO)C1CC1)c1ccc(F)cc1Cl. The number of benzene rings is 1. The van der Waals surface area contributed by atoms with Gasteiger partial charge in [-0.3, -0.25) is 0 Å². The van der Waals surface area contributed by atoms with Gasteiger partial charge in [0, 0.05) is 29.6 Å². The molecular formula is C16H22ClFN2O2. The molecule has 2 N–H and O–H groups in total. The fourth-order valence-electron chi connectivity index (χ4n) is 2.48. The van der Waals surface area contributed by atoms with Crippen LogP contribution in [0.4, 0.5) is 9.18 Å². The molecule has 0 radical (unpaired) electrons. The lowest BCUT2D eigenvalue weighted by Crippen LogP contribution is -2.46. The number of rotatable bonds is 6. The van der Waals surface area contributed by atoms with Crippen molar-refractivity contribution in [3.63, 3.8) is 0 Å². The van der Waals surface area contributed by atoms with Crippen molar-refractivity contribution in [2.24, 2.45) is 0 Å². The molecule has 0 spiro atoms. The van der Waals surface area contributed by atoms with Gasteiger partial charge in [0.2, 0.25) is 0 Å². The van der Waals surface area contributed by atoms with Crippen LogP contribution >= 0.6 is 11.6 Å². The molecule has 2 rings (SSSR count). The summed E-state index contributed by atoms with van der Waals surface area (Å²) in [6.45, 7) is 4.57. The highest BCUT2D eigenvalue weighted by atomic mass is 35.5. The van der Waals surface area contributed by atoms with E-state index >= 15 is 0 Å². The van der Waals surface area contributed by atoms with Crippen LogP contribution in [-0.2, 0) is 5.41 Å². The average molecular weight is 329 g/mol. The highest BCUT2D eigenvalue weighted by Gasteiger charge is 2.33. The number of aliphatic hydroxyl groups is 1. The largest absolute Gasteiger partial charge is 0.395 e. The van der Waals surface area contributed by atoms with Gasteiger partial charge in [-0.15, -0.1) is 0 Å². The Morgan fingerprint density at radius 2 is 2.18 bits per heavy atom. The minimum atomic E-state index is -0.422. The summed E-state index contributed by atoms with van der Waals surface area (Å²) < 4.78 is 13.2. The molecule has 0 aromatic heterocycles. The molecule has 0 bridgehead atoms. The number of hydrogen-bond donors (Lipinski definition) is 2. The third-order valence-corrected chi connectivity index (χ3v) is 4.24. The van der Waals surface area contributed by atoms with Gasteiger partial charge >= 0.3 is 6.03 Å². The molecule has 1 aromatic rings. The number of aliphatic hydroxyl groups excluding tert-OH is 1. The van der Waals surface area contributed by atoms with E-state index in [4.69, 9.17) is 16.7 Å². The minimum Gasteiger partial charge on any atom is -0.395 e. The lowest BCUT2D eigenvalue weighted by molar-refractivity contribution is 0.172. The number of urea groups is 1. The normalized spacial score (nSPS) is 14.8. The van der Waals surface area contributed by atoms with Gasteiger partial charge in [0.1, 0.15) is 5.82 Å². The number of halogens is 2. The van der Waals surface area contributed by atoms with Crippen LogP contribution in [0.3, 0.4) is 0 Å². The van der Waals surface area contributed by atoms with Crippen molar-refractivity contribution in [3.05, 3.63) is 34.6 Å². The second kappa shape index (κ2) is 6.84. The van der Waals surface area contributed by atoms with Crippen LogP contribution in [0.15, 0.2) is 18.2 Å². The highest BCUT2D eigenvalue weighted by Crippen LogP contribution is 2.30. The molecule has 0 unspecified atom stereocenters. The highest BCUT2D eigenvalue weighted by molar-refractivity contribution is 6.31. The standard InChI is InChI=1S/C16H22ClFN2O2/c1-16(2,13-6-3-11(18)9-14(13)17)10-19-15(22)20(7-8-21)12-4-5-12/h3,6,9,12,21H,4-5,7-8,10H2,1-2H3,(H,19,22). The van der Waals surface area contributed by atoms with Crippen LogP contribution in [0, 0.1) is 5.82 Å². The smallest absolute Gasteiger partial charge is 0.317 e. The first-order chi connectivity index (χ1) is 10.3. The molecule has 0 aliphatic heterocycles. The summed E-state index contributed by atoms with van der Waals surface area (Å²) in [4.78, 5) is 13.9. The van der Waals surface area contributed by atoms with Crippen molar-refractivity contribution in [2.75, 3.05) is 19.7 Å². The lowest BCUT2D eigenvalue weighted by atomic mass is 9.84. The molecule has 1 fully saturated rings. The van der Waals surface area contributed by atoms with E-state index < -0.39 is 5.41 Å². The topological polar surface area (TPSA) is 52.6 Å². The van der Waals surface area contributed by atoms with E-state index in [0.717, 1.165) is 18.4 Å². The summed E-state index contributed by atoms with van der Waals surface area (Å²) in [5.41, 5.74) is 0.366. The molecule has 1 saturated carbocycles. The molecule has 0 heterocycles. The van der Waals surface area contributed by atoms with Crippen LogP contribution in [0.1, 0.15) is 32.3 Å². The zero-order valence-corrected chi connectivity index (χ0v) is 13.7. The summed E-state index contributed by atoms with van der Waals surface area (Å²) in [5, 5.41) is 12.3. The molecule has 122 valence electrons. The summed E-state index contributed by atoms with van der Waals surface area (Å²) in [6, 6.07) is 4.36. The van der Waals surface area contributed by atoms with Gasteiger partial charge < -0.3 is 15.3 Å². The van der Waals surface area contributed by atoms with Gasteiger partial charge in [-0.1, -0.05) is 31.5 Å². The average Bonchev–Trinajstić information content (AvgIpc) is 3.26. The molecule has 4 nitrogen and oxygen atoms in total. The van der Waals surface area contributed by atoms with Gasteiger partial charge in [0.15, 0.2) is 0 Å². The third kappa shape index (κ3) is 4.11. The molecular weight excluding hydrogens is 307 g/mol. The Morgan fingerprint density at radius 3 is 2.73 bits per heavy atom. The summed E-state index contributed by atoms with van der Waals surface area (Å²) >= 11 is 6.11. The van der Waals surface area contributed by atoms with E-state index in [1.807, 2.05) is 13.8 Å². The van der Waals surface area contributed by atoms with Gasteiger partial charge in [-0.25, -0.2) is 9.18 Å². The number of hydrogen-bond acceptors (Lipinski definition) is 2. The minimum absolute atomic E-state index is 0.0445. The Bertz CT molecular complexity index is 547. The Morgan fingerprint density at radius 1 is 1.50 bits per heavy atom. The van der Waals surface area contributed by atoms with Crippen LogP contribution in [0.5, 0.6) is 0 Å². The fraction of sp³-hybridized carbons (Fsp3) is 0.562. The first kappa shape index (κ1) is 17.0. The quantitative estimate of drug-likeness (QED) is 0.843. The van der Waals surface area contributed by atoms with Crippen molar-refractivity contribution >= 4 is 17.6 Å². The number of nitrogens with one attached hydrogen (secondary N) is 1. The van der Waals surface area contributed by atoms with Gasteiger partial charge in [0.25, 0.3) is 0 Å². The Balaban J connectivity index is 2.00. The first-order valence-corrected chi connectivity index (χ1v) is 7.84. The van der Waals surface area contributed by atoms with E-state index in [1.54, 1.807) is 11.0 Å². The predicted molar refractivity (Wildman–Crippen MR) is 84.6 cm³/mol. The van der Waals surface area contributed by atoms with Crippen molar-refractivity contribution in [1.82, 2.24) is 10.2 Å². The molecule has 0 atom stereocenters. The first-order valence-electron chi connectivity index (χ1n) is 7.46. The third-order valence-electron chi connectivity index (χ3n) is 3.93. The monoisotopic (exact) mass is 328 g/mol. The molecule has 6 heteroatoms. The molecule has 0 saturated heterocycles. The van der Waals surface area contributed by atoms with E-state index in [0.29, 0.717) is 18.1 Å². The summed E-state index contributed by atoms with van der Waals surface area (Å²) in [5.74, 6) is -0.378. The number of amides is 2. The Hall–Kier alpha value is -1.33. The van der Waals surface area contributed by atoms with E-state index in [2.05, 4.69) is 5.32 Å². The zero-order chi connectivity index (χ0) is 16.3. The van der Waals surface area contributed by atoms with Crippen molar-refractivity contribution in [2.45, 2.75) is 38.1 Å². The van der Waals surface area contributed by atoms with Crippen LogP contribution < -0.4 is 5.32 Å². The molecule has 1 aromatic carbocycles. The number of carbonyl (C=O) groups excluding carboxylic acids is 1. The van der Waals surface area contributed by atoms with E-state index in [-0.39, 0.29) is 24.5 Å². The fourth-order valence-corrected chi connectivity index (χ4v) is 2.90. The van der Waals surface area contributed by atoms with Gasteiger partial charge in [0.05, 0.1) is 6.61 Å². The number of carbonyl (C=O) groups is 1. The van der Waals surface area contributed by atoms with Crippen molar-refractivity contribution in [3.8, 4) is 0 Å². The molecule has 1 aliphatic rings. The zero-order valence-electron chi connectivity index (χ0n) is 12.9. The summed E-state index contributed by atoms with van der Waals surface area (Å²) in [6.07, 6.45) is 1.97. The maximum atomic E-state index is 13.2. The maximum absolute atomic E-state index is 13.2. The van der Waals surface area contributed by atoms with Gasteiger partial charge in [-0.2, -0.15) is 0 Å². The Labute approximate surface area is 135 Å². The second-order valence-corrected chi connectivity index (χ2v) is 6.72. The Kier molecular flexibility index (Phi) is 5.29. The molecule has 1 aliphatic carbocycles. The second-order valence-electron chi connectivity index (χ2n) is 6.31. The number of nitrogens with zero attached hydrogens (tertiary/aromatic N) is 1. The lowest BCUT2D eigenvalue weighted by Gasteiger charge is -2.29. The predicted octanol–water partition coefficient (Wildman–Crippen LogP) is 2.92.